The van der Waals surface area contributed by atoms with Gasteiger partial charge in [-0.2, -0.15) is 5.10 Å². The Morgan fingerprint density at radius 2 is 2.28 bits per heavy atom. The molecule has 0 aliphatic heterocycles. The summed E-state index contributed by atoms with van der Waals surface area (Å²) in [7, 11) is 5.33. The van der Waals surface area contributed by atoms with Crippen molar-refractivity contribution in [1.82, 2.24) is 9.78 Å². The predicted molar refractivity (Wildman–Crippen MR) is 71.8 cm³/mol. The number of anilines is 1. The van der Waals surface area contributed by atoms with Crippen LogP contribution in [0.1, 0.15) is 20.8 Å². The lowest BCUT2D eigenvalue weighted by atomic mass is 10.1. The second-order valence-corrected chi connectivity index (χ2v) is 4.79. The number of rotatable bonds is 4. The van der Waals surface area contributed by atoms with E-state index in [2.05, 4.69) is 10.4 Å². The fourth-order valence-corrected chi connectivity index (χ4v) is 1.23. The highest BCUT2D eigenvalue weighted by Gasteiger charge is 2.16. The van der Waals surface area contributed by atoms with Gasteiger partial charge in [0.15, 0.2) is 0 Å². The van der Waals surface area contributed by atoms with Crippen LogP contribution in [0.2, 0.25) is 6.32 Å². The molecule has 2 radical (unpaired) electrons. The Morgan fingerprint density at radius 1 is 1.56 bits per heavy atom. The fraction of sp³-hybridized carbons (Fsp3) is 0.500. The first kappa shape index (κ1) is 14.3. The van der Waals surface area contributed by atoms with Crippen molar-refractivity contribution < 1.29 is 9.53 Å². The summed E-state index contributed by atoms with van der Waals surface area (Å²) < 4.78 is 6.83. The lowest BCUT2D eigenvalue weighted by Crippen LogP contribution is -2.27. The van der Waals surface area contributed by atoms with Crippen molar-refractivity contribution in [3.63, 3.8) is 0 Å². The molecular formula is C12H18BN3O2. The van der Waals surface area contributed by atoms with E-state index < -0.39 is 11.7 Å². The molecule has 0 bridgehead atoms. The van der Waals surface area contributed by atoms with Crippen LogP contribution in [-0.2, 0) is 11.3 Å². The molecule has 0 aliphatic carbocycles. The van der Waals surface area contributed by atoms with Crippen LogP contribution < -0.4 is 5.32 Å². The summed E-state index contributed by atoms with van der Waals surface area (Å²) in [6.45, 7) is 6.06. The Hall–Kier alpha value is -1.72. The van der Waals surface area contributed by atoms with Crippen LogP contribution in [0.4, 0.5) is 10.5 Å². The average Bonchev–Trinajstić information content (AvgIpc) is 2.63. The molecule has 0 spiro atoms. The van der Waals surface area contributed by atoms with Gasteiger partial charge in [-0.15, -0.1) is 0 Å². The summed E-state index contributed by atoms with van der Waals surface area (Å²) in [6, 6.07) is 0. The zero-order valence-electron chi connectivity index (χ0n) is 11.0. The molecule has 1 rings (SSSR count). The summed E-state index contributed by atoms with van der Waals surface area (Å²) in [5.41, 5.74) is 0.0922. The van der Waals surface area contributed by atoms with E-state index in [0.29, 0.717) is 18.6 Å². The molecule has 0 saturated heterocycles. The zero-order valence-corrected chi connectivity index (χ0v) is 11.0. The highest BCUT2D eigenvalue weighted by Crippen LogP contribution is 2.10. The van der Waals surface area contributed by atoms with Crippen molar-refractivity contribution in [2.75, 3.05) is 5.32 Å². The minimum atomic E-state index is -0.510. The first-order valence-corrected chi connectivity index (χ1v) is 5.78. The Balaban J connectivity index is 2.48. The van der Waals surface area contributed by atoms with E-state index in [0.717, 1.165) is 0 Å². The zero-order chi connectivity index (χ0) is 13.6. The number of ether oxygens (including phenoxy) is 1. The van der Waals surface area contributed by atoms with Crippen LogP contribution in [0.3, 0.4) is 0 Å². The van der Waals surface area contributed by atoms with E-state index in [1.165, 1.54) is 0 Å². The number of hydrogen-bond donors (Lipinski definition) is 1. The molecule has 1 heterocycles. The molecule has 0 aromatic carbocycles. The number of amides is 1. The van der Waals surface area contributed by atoms with Gasteiger partial charge in [-0.1, -0.05) is 18.5 Å². The van der Waals surface area contributed by atoms with Crippen LogP contribution in [0, 0.1) is 0 Å². The van der Waals surface area contributed by atoms with Gasteiger partial charge in [0.05, 0.1) is 26.3 Å². The number of hydrogen-bond acceptors (Lipinski definition) is 3. The van der Waals surface area contributed by atoms with Gasteiger partial charge in [0.1, 0.15) is 5.60 Å². The molecule has 18 heavy (non-hydrogen) atoms. The molecule has 1 aromatic rings. The normalized spacial score (nSPS) is 11.7. The van der Waals surface area contributed by atoms with Gasteiger partial charge in [0, 0.05) is 6.20 Å². The minimum absolute atomic E-state index is 0.487. The lowest BCUT2D eigenvalue weighted by Gasteiger charge is -2.19. The quantitative estimate of drug-likeness (QED) is 0.656. The van der Waals surface area contributed by atoms with Gasteiger partial charge >= 0.3 is 6.09 Å². The minimum Gasteiger partial charge on any atom is -0.444 e. The first-order chi connectivity index (χ1) is 8.40. The molecule has 1 N–H and O–H groups in total. The van der Waals surface area contributed by atoms with Crippen molar-refractivity contribution in [3.8, 4) is 0 Å². The van der Waals surface area contributed by atoms with Gasteiger partial charge in [-0.05, 0) is 20.8 Å². The second-order valence-electron chi connectivity index (χ2n) is 4.79. The molecule has 0 aliphatic rings. The Morgan fingerprint density at radius 3 is 2.89 bits per heavy atom. The number of aromatic nitrogens is 2. The third-order valence-corrected chi connectivity index (χ3v) is 1.87. The summed E-state index contributed by atoms with van der Waals surface area (Å²) in [5, 5.41) is 6.71. The van der Waals surface area contributed by atoms with Crippen molar-refractivity contribution in [2.45, 2.75) is 39.2 Å². The maximum absolute atomic E-state index is 11.5. The Kier molecular flexibility index (Phi) is 5.01. The van der Waals surface area contributed by atoms with Gasteiger partial charge in [0.2, 0.25) is 0 Å². The second kappa shape index (κ2) is 6.28. The monoisotopic (exact) mass is 247 g/mol. The van der Waals surface area contributed by atoms with Crippen molar-refractivity contribution in [2.24, 2.45) is 0 Å². The van der Waals surface area contributed by atoms with E-state index in [1.807, 2.05) is 32.9 Å². The largest absolute Gasteiger partial charge is 0.444 e. The number of carbonyl (C=O) groups excluding carboxylic acids is 1. The number of nitrogens with zero attached hydrogens (tertiary/aromatic N) is 2. The summed E-state index contributed by atoms with van der Waals surface area (Å²) in [4.78, 5) is 11.5. The predicted octanol–water partition coefficient (Wildman–Crippen LogP) is 2.37. The smallest absolute Gasteiger partial charge is 0.412 e. The molecule has 0 atom stereocenters. The molecule has 0 saturated carbocycles. The molecule has 96 valence electrons. The van der Waals surface area contributed by atoms with E-state index in [4.69, 9.17) is 12.6 Å². The van der Waals surface area contributed by atoms with E-state index >= 15 is 0 Å². The molecule has 5 nitrogen and oxygen atoms in total. The lowest BCUT2D eigenvalue weighted by molar-refractivity contribution is 0.0636. The van der Waals surface area contributed by atoms with Crippen LogP contribution in [0.25, 0.3) is 0 Å². The molecule has 0 fully saturated rings. The van der Waals surface area contributed by atoms with Gasteiger partial charge in [-0.3, -0.25) is 10.00 Å². The van der Waals surface area contributed by atoms with Gasteiger partial charge in [0.25, 0.3) is 0 Å². The molecule has 6 heteroatoms. The SMILES string of the molecule is [B]C/C=C/Cn1cc(NC(=O)OC(C)(C)C)cn1. The van der Waals surface area contributed by atoms with E-state index in [9.17, 15) is 4.79 Å². The van der Waals surface area contributed by atoms with E-state index in [1.54, 1.807) is 17.1 Å². The number of nitrogens with one attached hydrogen (secondary N) is 1. The summed E-state index contributed by atoms with van der Waals surface area (Å²) in [6.07, 6.45) is 7.07. The molecule has 1 amide bonds. The summed E-state index contributed by atoms with van der Waals surface area (Å²) in [5.74, 6) is 0. The highest BCUT2D eigenvalue weighted by atomic mass is 16.6. The van der Waals surface area contributed by atoms with Gasteiger partial charge < -0.3 is 4.74 Å². The van der Waals surface area contributed by atoms with Crippen LogP contribution in [0.5, 0.6) is 0 Å². The highest BCUT2D eigenvalue weighted by molar-refractivity contribution is 6.09. The molecule has 1 aromatic heterocycles. The van der Waals surface area contributed by atoms with Crippen LogP contribution in [-0.4, -0.2) is 29.3 Å². The standard InChI is InChI=1S/C12H18BN3O2/c1-12(2,3)18-11(17)15-10-8-14-16(9-10)7-5-4-6-13/h4-5,8-9H,6-7H2,1-3H3,(H,15,17)/b5-4+. The molecular weight excluding hydrogens is 229 g/mol. The van der Waals surface area contributed by atoms with Crippen molar-refractivity contribution in [3.05, 3.63) is 24.5 Å². The van der Waals surface area contributed by atoms with Crippen LogP contribution >= 0.6 is 0 Å². The summed E-state index contributed by atoms with van der Waals surface area (Å²) >= 11 is 0. The van der Waals surface area contributed by atoms with E-state index in [-0.39, 0.29) is 0 Å². The number of allylic oxidation sites excluding steroid dienone is 2. The first-order valence-electron chi connectivity index (χ1n) is 5.78. The Labute approximate surface area is 109 Å². The van der Waals surface area contributed by atoms with Crippen molar-refractivity contribution in [1.29, 1.82) is 0 Å². The maximum Gasteiger partial charge on any atom is 0.412 e. The van der Waals surface area contributed by atoms with Crippen molar-refractivity contribution >= 4 is 19.6 Å². The average molecular weight is 247 g/mol. The molecule has 0 unspecified atom stereocenters. The number of carbonyl (C=O) groups is 1. The third-order valence-electron chi connectivity index (χ3n) is 1.87. The fourth-order valence-electron chi connectivity index (χ4n) is 1.23. The maximum atomic E-state index is 11.5. The topological polar surface area (TPSA) is 56.2 Å². The Bertz CT molecular complexity index is 421. The van der Waals surface area contributed by atoms with Gasteiger partial charge in [-0.25, -0.2) is 4.79 Å². The third kappa shape index (κ3) is 5.56. The van der Waals surface area contributed by atoms with Crippen LogP contribution in [0.15, 0.2) is 24.5 Å².